The summed E-state index contributed by atoms with van der Waals surface area (Å²) >= 11 is 1.67. The van der Waals surface area contributed by atoms with Gasteiger partial charge in [-0.3, -0.25) is 9.69 Å². The maximum atomic E-state index is 10.6. The summed E-state index contributed by atoms with van der Waals surface area (Å²) in [6, 6.07) is 4.59. The van der Waals surface area contributed by atoms with Crippen LogP contribution >= 0.6 is 11.3 Å². The van der Waals surface area contributed by atoms with Crippen molar-refractivity contribution < 1.29 is 4.79 Å². The van der Waals surface area contributed by atoms with Gasteiger partial charge in [0.25, 0.3) is 0 Å². The lowest BCUT2D eigenvalue weighted by Crippen LogP contribution is -2.49. The van der Waals surface area contributed by atoms with E-state index in [1.54, 1.807) is 11.3 Å². The summed E-state index contributed by atoms with van der Waals surface area (Å²) in [6.07, 6.45) is 1.99. The van der Waals surface area contributed by atoms with Crippen LogP contribution in [0.2, 0.25) is 0 Å². The van der Waals surface area contributed by atoms with Gasteiger partial charge in [-0.2, -0.15) is 0 Å². The van der Waals surface area contributed by atoms with Gasteiger partial charge in [0.05, 0.1) is 5.00 Å². The van der Waals surface area contributed by atoms with Crippen molar-refractivity contribution in [3.8, 4) is 0 Å². The van der Waals surface area contributed by atoms with Gasteiger partial charge < -0.3 is 10.6 Å². The average molecular weight is 253 g/mol. The Morgan fingerprint density at radius 1 is 1.41 bits per heavy atom. The molecule has 0 bridgehead atoms. The molecule has 0 spiro atoms. The molecule has 0 aliphatic carbocycles. The molecule has 0 radical (unpaired) electrons. The largest absolute Gasteiger partial charge is 0.391 e. The number of nitrogen functional groups attached to an aromatic ring is 1. The zero-order valence-electron chi connectivity index (χ0n) is 10.1. The zero-order chi connectivity index (χ0) is 12.3. The first-order chi connectivity index (χ1) is 8.19. The lowest BCUT2D eigenvalue weighted by atomic mass is 10.1. The van der Waals surface area contributed by atoms with Gasteiger partial charge in [-0.1, -0.05) is 0 Å². The van der Waals surface area contributed by atoms with Gasteiger partial charge >= 0.3 is 0 Å². The molecule has 1 aliphatic heterocycles. The predicted molar refractivity (Wildman–Crippen MR) is 71.1 cm³/mol. The van der Waals surface area contributed by atoms with Crippen LogP contribution in [0.15, 0.2) is 12.1 Å². The molecule has 1 aromatic heterocycles. The first-order valence-corrected chi connectivity index (χ1v) is 6.78. The Hall–Kier alpha value is -1.07. The molecule has 1 aromatic rings. The molecule has 1 aliphatic rings. The van der Waals surface area contributed by atoms with Crippen molar-refractivity contribution in [2.24, 2.45) is 0 Å². The van der Waals surface area contributed by atoms with E-state index in [4.69, 9.17) is 5.73 Å². The number of piperazine rings is 1. The van der Waals surface area contributed by atoms with Gasteiger partial charge in [0, 0.05) is 37.1 Å². The Labute approximate surface area is 106 Å². The second-order valence-electron chi connectivity index (χ2n) is 4.53. The van der Waals surface area contributed by atoms with Crippen molar-refractivity contribution in [1.29, 1.82) is 0 Å². The summed E-state index contributed by atoms with van der Waals surface area (Å²) < 4.78 is 0. The molecule has 1 amide bonds. The summed E-state index contributed by atoms with van der Waals surface area (Å²) in [4.78, 5) is 16.2. The topological polar surface area (TPSA) is 49.6 Å². The number of nitrogens with zero attached hydrogens (tertiary/aromatic N) is 2. The number of thiophene rings is 1. The van der Waals surface area contributed by atoms with Crippen LogP contribution in [-0.2, 0) is 11.2 Å². The number of nitrogens with two attached hydrogens (primary N) is 1. The highest BCUT2D eigenvalue weighted by Gasteiger charge is 2.20. The third kappa shape index (κ3) is 3.20. The highest BCUT2D eigenvalue weighted by atomic mass is 32.1. The summed E-state index contributed by atoms with van der Waals surface area (Å²) in [5.74, 6) is 0. The second kappa shape index (κ2) is 5.51. The molecule has 1 saturated heterocycles. The second-order valence-corrected chi connectivity index (χ2v) is 5.73. The van der Waals surface area contributed by atoms with Gasteiger partial charge in [-0.25, -0.2) is 0 Å². The standard InChI is InChI=1S/C12H19N3OS/c1-10(8-11-2-3-12(13)17-11)15-6-4-14(9-16)5-7-15/h2-3,9-10H,4-8,13H2,1H3. The van der Waals surface area contributed by atoms with Crippen molar-refractivity contribution in [3.05, 3.63) is 17.0 Å². The fraction of sp³-hybridized carbons (Fsp3) is 0.583. The lowest BCUT2D eigenvalue weighted by Gasteiger charge is -2.36. The summed E-state index contributed by atoms with van der Waals surface area (Å²) in [7, 11) is 0. The Morgan fingerprint density at radius 2 is 2.12 bits per heavy atom. The quantitative estimate of drug-likeness (QED) is 0.816. The van der Waals surface area contributed by atoms with Crippen molar-refractivity contribution in [1.82, 2.24) is 9.80 Å². The third-order valence-electron chi connectivity index (χ3n) is 3.30. The zero-order valence-corrected chi connectivity index (χ0v) is 10.9. The highest BCUT2D eigenvalue weighted by Crippen LogP contribution is 2.21. The SMILES string of the molecule is CC(Cc1ccc(N)s1)N1CCN(C=O)CC1. The monoisotopic (exact) mass is 253 g/mol. The van der Waals surface area contributed by atoms with E-state index < -0.39 is 0 Å². The van der Waals surface area contributed by atoms with Crippen LogP contribution in [0.25, 0.3) is 0 Å². The van der Waals surface area contributed by atoms with Gasteiger partial charge in [-0.15, -0.1) is 11.3 Å². The molecule has 1 fully saturated rings. The molecule has 2 rings (SSSR count). The summed E-state index contributed by atoms with van der Waals surface area (Å²) in [5.41, 5.74) is 5.73. The Balaban J connectivity index is 1.84. The van der Waals surface area contributed by atoms with E-state index in [1.807, 2.05) is 11.0 Å². The number of anilines is 1. The molecule has 0 saturated carbocycles. The predicted octanol–water partition coefficient (Wildman–Crippen LogP) is 1.04. The van der Waals surface area contributed by atoms with Crippen LogP contribution in [0.3, 0.4) is 0 Å². The Kier molecular flexibility index (Phi) is 4.02. The number of carbonyl (C=O) groups is 1. The average Bonchev–Trinajstić information content (AvgIpc) is 2.75. The maximum absolute atomic E-state index is 10.6. The minimum Gasteiger partial charge on any atom is -0.391 e. The van der Waals surface area contributed by atoms with Crippen molar-refractivity contribution in [2.45, 2.75) is 19.4 Å². The summed E-state index contributed by atoms with van der Waals surface area (Å²) in [5, 5.41) is 0.887. The van der Waals surface area contributed by atoms with Crippen LogP contribution in [0, 0.1) is 0 Å². The minimum atomic E-state index is 0.516. The van der Waals surface area contributed by atoms with Crippen molar-refractivity contribution >= 4 is 22.7 Å². The molecular formula is C12H19N3OS. The van der Waals surface area contributed by atoms with E-state index in [9.17, 15) is 4.79 Å². The first-order valence-electron chi connectivity index (χ1n) is 5.96. The van der Waals surface area contributed by atoms with E-state index in [0.29, 0.717) is 6.04 Å². The fourth-order valence-electron chi connectivity index (χ4n) is 2.21. The molecule has 1 unspecified atom stereocenters. The number of hydrogen-bond acceptors (Lipinski definition) is 4. The van der Waals surface area contributed by atoms with Crippen LogP contribution in [0.4, 0.5) is 5.00 Å². The third-order valence-corrected chi connectivity index (χ3v) is 4.24. The van der Waals surface area contributed by atoms with Gasteiger partial charge in [0.1, 0.15) is 0 Å². The molecule has 4 nitrogen and oxygen atoms in total. The smallest absolute Gasteiger partial charge is 0.209 e. The van der Waals surface area contributed by atoms with Gasteiger partial charge in [0.15, 0.2) is 0 Å². The first kappa shape index (κ1) is 12.4. The van der Waals surface area contributed by atoms with E-state index in [0.717, 1.165) is 44.0 Å². The van der Waals surface area contributed by atoms with Crippen LogP contribution in [0.5, 0.6) is 0 Å². The molecule has 17 heavy (non-hydrogen) atoms. The minimum absolute atomic E-state index is 0.516. The van der Waals surface area contributed by atoms with Crippen LogP contribution < -0.4 is 5.73 Å². The normalized spacial score (nSPS) is 19.2. The van der Waals surface area contributed by atoms with E-state index in [-0.39, 0.29) is 0 Å². The lowest BCUT2D eigenvalue weighted by molar-refractivity contribution is -0.120. The van der Waals surface area contributed by atoms with E-state index in [1.165, 1.54) is 4.88 Å². The van der Waals surface area contributed by atoms with Gasteiger partial charge in [0.2, 0.25) is 6.41 Å². The molecule has 1 atom stereocenters. The maximum Gasteiger partial charge on any atom is 0.209 e. The van der Waals surface area contributed by atoms with Gasteiger partial charge in [-0.05, 0) is 25.5 Å². The van der Waals surface area contributed by atoms with Crippen LogP contribution in [0.1, 0.15) is 11.8 Å². The van der Waals surface area contributed by atoms with Crippen molar-refractivity contribution in [3.63, 3.8) is 0 Å². The van der Waals surface area contributed by atoms with Crippen LogP contribution in [-0.4, -0.2) is 48.4 Å². The highest BCUT2D eigenvalue weighted by molar-refractivity contribution is 7.15. The number of carbonyl (C=O) groups excluding carboxylic acids is 1. The molecule has 2 N–H and O–H groups in total. The number of amides is 1. The molecule has 0 aromatic carbocycles. The molecule has 2 heterocycles. The number of rotatable bonds is 4. The van der Waals surface area contributed by atoms with E-state index in [2.05, 4.69) is 17.9 Å². The molecule has 5 heteroatoms. The Bertz CT molecular complexity index is 372. The van der Waals surface area contributed by atoms with Crippen molar-refractivity contribution in [2.75, 3.05) is 31.9 Å². The number of hydrogen-bond donors (Lipinski definition) is 1. The Morgan fingerprint density at radius 3 is 2.65 bits per heavy atom. The van der Waals surface area contributed by atoms with E-state index >= 15 is 0 Å². The fourth-order valence-corrected chi connectivity index (χ4v) is 3.11. The molecule has 94 valence electrons. The summed E-state index contributed by atoms with van der Waals surface area (Å²) in [6.45, 7) is 5.88. The molecular weight excluding hydrogens is 234 g/mol.